The first-order valence-electron chi connectivity index (χ1n) is 7.70. The van der Waals surface area contributed by atoms with Crippen LogP contribution in [0, 0.1) is 0 Å². The molecule has 0 unspecified atom stereocenters. The van der Waals surface area contributed by atoms with Crippen LogP contribution in [-0.2, 0) is 4.74 Å². The van der Waals surface area contributed by atoms with E-state index in [1.165, 1.54) is 23.4 Å². The van der Waals surface area contributed by atoms with E-state index in [4.69, 9.17) is 0 Å². The summed E-state index contributed by atoms with van der Waals surface area (Å²) in [4.78, 5) is 13.4. The summed E-state index contributed by atoms with van der Waals surface area (Å²) in [6.07, 6.45) is -0.380. The minimum Gasteiger partial charge on any atom is -0.453 e. The Bertz CT molecular complexity index is 627. The molecule has 4 heteroatoms. The highest BCUT2D eigenvalue weighted by Crippen LogP contribution is 2.24. The average Bonchev–Trinajstić information content (AvgIpc) is 2.57. The average molecular weight is 300 g/mol. The molecule has 1 amide bonds. The lowest BCUT2D eigenvalue weighted by atomic mass is 10.0. The first kappa shape index (κ1) is 16.3. The van der Waals surface area contributed by atoms with Gasteiger partial charge in [-0.3, -0.25) is 4.90 Å². The zero-order chi connectivity index (χ0) is 15.9. The van der Waals surface area contributed by atoms with E-state index in [9.17, 15) is 4.79 Å². The lowest BCUT2D eigenvalue weighted by Gasteiger charge is -2.28. The molecule has 0 heterocycles. The molecule has 0 radical (unpaired) electrons. The number of methoxy groups -OCH3 is 1. The summed E-state index contributed by atoms with van der Waals surface area (Å²) in [5.41, 5.74) is 1.29. The molecule has 0 aliphatic carbocycles. The van der Waals surface area contributed by atoms with Crippen LogP contribution >= 0.6 is 0 Å². The first-order valence-corrected chi connectivity index (χ1v) is 7.70. The van der Waals surface area contributed by atoms with Gasteiger partial charge < -0.3 is 10.1 Å². The van der Waals surface area contributed by atoms with Crippen molar-refractivity contribution >= 4 is 16.9 Å². The molecule has 1 N–H and O–H groups in total. The van der Waals surface area contributed by atoms with Crippen molar-refractivity contribution < 1.29 is 9.53 Å². The molecule has 0 spiro atoms. The van der Waals surface area contributed by atoms with Gasteiger partial charge in [0.2, 0.25) is 0 Å². The van der Waals surface area contributed by atoms with E-state index in [-0.39, 0.29) is 6.09 Å². The largest absolute Gasteiger partial charge is 0.453 e. The van der Waals surface area contributed by atoms with Gasteiger partial charge in [0.25, 0.3) is 0 Å². The Kier molecular flexibility index (Phi) is 5.78. The van der Waals surface area contributed by atoms with Crippen LogP contribution < -0.4 is 5.32 Å². The molecule has 0 saturated carbocycles. The summed E-state index contributed by atoms with van der Waals surface area (Å²) in [6.45, 7) is 6.64. The van der Waals surface area contributed by atoms with E-state index in [0.717, 1.165) is 13.1 Å². The third kappa shape index (κ3) is 3.98. The summed E-state index contributed by atoms with van der Waals surface area (Å²) in [5.74, 6) is 0. The predicted molar refractivity (Wildman–Crippen MR) is 90.0 cm³/mol. The molecule has 2 aromatic carbocycles. The van der Waals surface area contributed by atoms with E-state index >= 15 is 0 Å². The van der Waals surface area contributed by atoms with Gasteiger partial charge in [-0.1, -0.05) is 43.3 Å². The van der Waals surface area contributed by atoms with Crippen molar-refractivity contribution in [2.24, 2.45) is 0 Å². The lowest BCUT2D eigenvalue weighted by molar-refractivity contribution is 0.165. The minimum absolute atomic E-state index is 0.300. The second kappa shape index (κ2) is 7.80. The van der Waals surface area contributed by atoms with Gasteiger partial charge in [-0.05, 0) is 35.9 Å². The van der Waals surface area contributed by atoms with Crippen molar-refractivity contribution in [1.82, 2.24) is 10.2 Å². The monoisotopic (exact) mass is 300 g/mol. The SMILES string of the molecule is CCN(CCNC(=O)OC)[C@@H](C)c1ccc2ccccc2c1. The maximum absolute atomic E-state index is 11.1. The van der Waals surface area contributed by atoms with Crippen LogP contribution in [0.25, 0.3) is 10.8 Å². The van der Waals surface area contributed by atoms with Crippen molar-refractivity contribution in [2.75, 3.05) is 26.7 Å². The number of rotatable bonds is 6. The molecule has 118 valence electrons. The fourth-order valence-electron chi connectivity index (χ4n) is 2.68. The summed E-state index contributed by atoms with van der Waals surface area (Å²) >= 11 is 0. The highest BCUT2D eigenvalue weighted by molar-refractivity contribution is 5.83. The van der Waals surface area contributed by atoms with E-state index in [0.29, 0.717) is 12.6 Å². The van der Waals surface area contributed by atoms with Crippen molar-refractivity contribution in [2.45, 2.75) is 19.9 Å². The standard InChI is InChI=1S/C18H24N2O2/c1-4-20(12-11-19-18(21)22-3)14(2)16-10-9-15-7-5-6-8-17(15)13-16/h5-10,13-14H,4,11-12H2,1-3H3,(H,19,21)/t14-/m0/s1. The smallest absolute Gasteiger partial charge is 0.406 e. The van der Waals surface area contributed by atoms with Gasteiger partial charge in [-0.2, -0.15) is 0 Å². The van der Waals surface area contributed by atoms with Crippen LogP contribution in [0.5, 0.6) is 0 Å². The number of benzene rings is 2. The number of nitrogens with one attached hydrogen (secondary N) is 1. The predicted octanol–water partition coefficient (Wildman–Crippen LogP) is 3.58. The van der Waals surface area contributed by atoms with Crippen LogP contribution in [0.1, 0.15) is 25.5 Å². The number of carbonyl (C=O) groups is 1. The van der Waals surface area contributed by atoms with Crippen LogP contribution in [0.4, 0.5) is 4.79 Å². The third-order valence-corrected chi connectivity index (χ3v) is 4.06. The second-order valence-electron chi connectivity index (χ2n) is 5.33. The van der Waals surface area contributed by atoms with Crippen molar-refractivity contribution in [3.63, 3.8) is 0 Å². The topological polar surface area (TPSA) is 41.6 Å². The molecule has 4 nitrogen and oxygen atoms in total. The summed E-state index contributed by atoms with van der Waals surface area (Å²) in [7, 11) is 1.38. The number of hydrogen-bond donors (Lipinski definition) is 1. The van der Waals surface area contributed by atoms with E-state index in [1.807, 2.05) is 0 Å². The molecule has 0 saturated heterocycles. The van der Waals surface area contributed by atoms with Crippen molar-refractivity contribution in [1.29, 1.82) is 0 Å². The Morgan fingerprint density at radius 2 is 1.95 bits per heavy atom. The highest BCUT2D eigenvalue weighted by atomic mass is 16.5. The number of alkyl carbamates (subject to hydrolysis) is 1. The molecule has 0 bridgehead atoms. The van der Waals surface area contributed by atoms with Gasteiger partial charge in [0, 0.05) is 19.1 Å². The minimum atomic E-state index is -0.380. The summed E-state index contributed by atoms with van der Waals surface area (Å²) < 4.78 is 4.59. The number of ether oxygens (including phenoxy) is 1. The maximum Gasteiger partial charge on any atom is 0.406 e. The lowest BCUT2D eigenvalue weighted by Crippen LogP contribution is -2.36. The van der Waals surface area contributed by atoms with Gasteiger partial charge in [0.1, 0.15) is 0 Å². The van der Waals surface area contributed by atoms with Gasteiger partial charge in [0.05, 0.1) is 7.11 Å². The van der Waals surface area contributed by atoms with E-state index < -0.39 is 0 Å². The van der Waals surface area contributed by atoms with Crippen molar-refractivity contribution in [3.05, 3.63) is 48.0 Å². The van der Waals surface area contributed by atoms with Crippen LogP contribution in [0.2, 0.25) is 0 Å². The molecule has 0 aliphatic rings. The number of carbonyl (C=O) groups excluding carboxylic acids is 1. The summed E-state index contributed by atoms with van der Waals surface area (Å²) in [6, 6.07) is 15.3. The fourth-order valence-corrected chi connectivity index (χ4v) is 2.68. The fraction of sp³-hybridized carbons (Fsp3) is 0.389. The van der Waals surface area contributed by atoms with Gasteiger partial charge in [0.15, 0.2) is 0 Å². The number of fused-ring (bicyclic) bond motifs is 1. The Labute approximate surface area is 132 Å². The Morgan fingerprint density at radius 1 is 1.23 bits per heavy atom. The Hall–Kier alpha value is -2.07. The molecule has 0 aliphatic heterocycles. The molecule has 1 atom stereocenters. The van der Waals surface area contributed by atoms with E-state index in [2.05, 4.69) is 71.3 Å². The van der Waals surface area contributed by atoms with Gasteiger partial charge >= 0.3 is 6.09 Å². The Balaban J connectivity index is 2.05. The quantitative estimate of drug-likeness (QED) is 0.886. The molecular formula is C18H24N2O2. The van der Waals surface area contributed by atoms with Crippen LogP contribution in [0.15, 0.2) is 42.5 Å². The molecule has 0 aromatic heterocycles. The zero-order valence-electron chi connectivity index (χ0n) is 13.5. The first-order chi connectivity index (χ1) is 10.7. The molecule has 2 aromatic rings. The van der Waals surface area contributed by atoms with Gasteiger partial charge in [-0.25, -0.2) is 4.79 Å². The number of nitrogens with zero attached hydrogens (tertiary/aromatic N) is 1. The highest BCUT2D eigenvalue weighted by Gasteiger charge is 2.14. The number of likely N-dealkylation sites (N-methyl/N-ethyl adjacent to an activating group) is 1. The zero-order valence-corrected chi connectivity index (χ0v) is 13.5. The molecule has 22 heavy (non-hydrogen) atoms. The van der Waals surface area contributed by atoms with Crippen molar-refractivity contribution in [3.8, 4) is 0 Å². The normalized spacial score (nSPS) is 12.4. The van der Waals surface area contributed by atoms with E-state index in [1.54, 1.807) is 0 Å². The van der Waals surface area contributed by atoms with Crippen LogP contribution in [-0.4, -0.2) is 37.7 Å². The Morgan fingerprint density at radius 3 is 2.64 bits per heavy atom. The summed E-state index contributed by atoms with van der Waals surface area (Å²) in [5, 5.41) is 5.25. The molecule has 0 fully saturated rings. The van der Waals surface area contributed by atoms with Gasteiger partial charge in [-0.15, -0.1) is 0 Å². The van der Waals surface area contributed by atoms with Crippen LogP contribution in [0.3, 0.4) is 0 Å². The number of hydrogen-bond acceptors (Lipinski definition) is 3. The number of amides is 1. The maximum atomic E-state index is 11.1. The molecule has 2 rings (SSSR count). The second-order valence-corrected chi connectivity index (χ2v) is 5.33. The third-order valence-electron chi connectivity index (χ3n) is 4.06. The molecular weight excluding hydrogens is 276 g/mol.